The lowest BCUT2D eigenvalue weighted by Crippen LogP contribution is -2.07. The SMILES string of the molecule is C=CCNc1nc(C)cc(NCc2ccco2)n1. The molecule has 0 fully saturated rings. The number of aromatic nitrogens is 2. The van der Waals surface area contributed by atoms with E-state index in [-0.39, 0.29) is 0 Å². The quantitative estimate of drug-likeness (QED) is 0.765. The summed E-state index contributed by atoms with van der Waals surface area (Å²) in [5.74, 6) is 2.23. The van der Waals surface area contributed by atoms with Gasteiger partial charge in [0, 0.05) is 18.3 Å². The molecule has 5 nitrogen and oxygen atoms in total. The van der Waals surface area contributed by atoms with Gasteiger partial charge in [-0.1, -0.05) is 6.08 Å². The monoisotopic (exact) mass is 244 g/mol. The number of anilines is 2. The molecule has 0 aliphatic heterocycles. The maximum Gasteiger partial charge on any atom is 0.225 e. The van der Waals surface area contributed by atoms with Crippen molar-refractivity contribution in [3.63, 3.8) is 0 Å². The molecule has 0 aliphatic carbocycles. The lowest BCUT2D eigenvalue weighted by atomic mass is 10.4. The Kier molecular flexibility index (Phi) is 3.96. The molecule has 0 aromatic carbocycles. The normalized spacial score (nSPS) is 10.1. The average molecular weight is 244 g/mol. The molecule has 2 rings (SSSR count). The fourth-order valence-electron chi connectivity index (χ4n) is 1.49. The van der Waals surface area contributed by atoms with Crippen LogP contribution >= 0.6 is 0 Å². The van der Waals surface area contributed by atoms with Crippen LogP contribution in [-0.2, 0) is 6.54 Å². The van der Waals surface area contributed by atoms with Gasteiger partial charge < -0.3 is 15.1 Å². The summed E-state index contributed by atoms with van der Waals surface area (Å²) >= 11 is 0. The molecular formula is C13H16N4O. The van der Waals surface area contributed by atoms with Gasteiger partial charge in [0.15, 0.2) is 0 Å². The van der Waals surface area contributed by atoms with Gasteiger partial charge in [-0.2, -0.15) is 4.98 Å². The minimum absolute atomic E-state index is 0.594. The van der Waals surface area contributed by atoms with Crippen LogP contribution < -0.4 is 10.6 Å². The predicted molar refractivity (Wildman–Crippen MR) is 71.5 cm³/mol. The van der Waals surface area contributed by atoms with Crippen LogP contribution in [0.25, 0.3) is 0 Å². The van der Waals surface area contributed by atoms with Gasteiger partial charge in [0.25, 0.3) is 0 Å². The maximum absolute atomic E-state index is 5.25. The fraction of sp³-hybridized carbons (Fsp3) is 0.231. The van der Waals surface area contributed by atoms with Gasteiger partial charge in [0.2, 0.25) is 5.95 Å². The smallest absolute Gasteiger partial charge is 0.225 e. The summed E-state index contributed by atoms with van der Waals surface area (Å²) < 4.78 is 5.25. The second-order valence-electron chi connectivity index (χ2n) is 3.82. The number of aryl methyl sites for hydroxylation is 1. The number of hydrogen-bond donors (Lipinski definition) is 2. The van der Waals surface area contributed by atoms with E-state index in [1.807, 2.05) is 25.1 Å². The summed E-state index contributed by atoms with van der Waals surface area (Å²) in [7, 11) is 0. The zero-order valence-electron chi connectivity index (χ0n) is 10.3. The second kappa shape index (κ2) is 5.86. The number of nitrogens with zero attached hydrogens (tertiary/aromatic N) is 2. The first-order valence-corrected chi connectivity index (χ1v) is 5.74. The molecule has 0 saturated carbocycles. The molecule has 0 saturated heterocycles. The van der Waals surface area contributed by atoms with Gasteiger partial charge >= 0.3 is 0 Å². The summed E-state index contributed by atoms with van der Waals surface area (Å²) in [6.07, 6.45) is 3.42. The van der Waals surface area contributed by atoms with Crippen LogP contribution in [0.1, 0.15) is 11.5 Å². The van der Waals surface area contributed by atoms with Crippen molar-refractivity contribution in [2.45, 2.75) is 13.5 Å². The maximum atomic E-state index is 5.25. The van der Waals surface area contributed by atoms with Crippen molar-refractivity contribution in [3.8, 4) is 0 Å². The van der Waals surface area contributed by atoms with Crippen molar-refractivity contribution in [3.05, 3.63) is 48.6 Å². The Morgan fingerprint density at radius 1 is 1.39 bits per heavy atom. The van der Waals surface area contributed by atoms with E-state index in [9.17, 15) is 0 Å². The van der Waals surface area contributed by atoms with E-state index in [1.54, 1.807) is 12.3 Å². The summed E-state index contributed by atoms with van der Waals surface area (Å²) in [6.45, 7) is 6.82. The molecule has 0 amide bonds. The zero-order chi connectivity index (χ0) is 12.8. The third kappa shape index (κ3) is 3.35. The predicted octanol–water partition coefficient (Wildman–Crippen LogP) is 2.59. The van der Waals surface area contributed by atoms with Crippen LogP contribution in [0.15, 0.2) is 41.5 Å². The summed E-state index contributed by atoms with van der Waals surface area (Å²) in [5.41, 5.74) is 0.901. The molecule has 0 atom stereocenters. The lowest BCUT2D eigenvalue weighted by molar-refractivity contribution is 0.518. The van der Waals surface area contributed by atoms with Crippen molar-refractivity contribution >= 4 is 11.8 Å². The number of rotatable bonds is 6. The van der Waals surface area contributed by atoms with E-state index in [0.717, 1.165) is 17.3 Å². The molecule has 0 radical (unpaired) electrons. The molecular weight excluding hydrogens is 228 g/mol. The molecule has 0 unspecified atom stereocenters. The molecule has 0 spiro atoms. The first-order chi connectivity index (χ1) is 8.78. The molecule has 0 bridgehead atoms. The van der Waals surface area contributed by atoms with Gasteiger partial charge in [-0.15, -0.1) is 6.58 Å². The van der Waals surface area contributed by atoms with Gasteiger partial charge in [0.05, 0.1) is 12.8 Å². The summed E-state index contributed by atoms with van der Waals surface area (Å²) in [5, 5.41) is 6.26. The van der Waals surface area contributed by atoms with Crippen molar-refractivity contribution in [2.24, 2.45) is 0 Å². The van der Waals surface area contributed by atoms with E-state index in [2.05, 4.69) is 27.2 Å². The molecule has 2 N–H and O–H groups in total. The molecule has 18 heavy (non-hydrogen) atoms. The number of hydrogen-bond acceptors (Lipinski definition) is 5. The topological polar surface area (TPSA) is 63.0 Å². The van der Waals surface area contributed by atoms with Crippen molar-refractivity contribution in [1.82, 2.24) is 9.97 Å². The van der Waals surface area contributed by atoms with Crippen molar-refractivity contribution < 1.29 is 4.42 Å². The summed E-state index contributed by atoms with van der Waals surface area (Å²) in [6, 6.07) is 5.67. The molecule has 94 valence electrons. The summed E-state index contributed by atoms with van der Waals surface area (Å²) in [4.78, 5) is 8.63. The van der Waals surface area contributed by atoms with Crippen LogP contribution in [0.5, 0.6) is 0 Å². The Morgan fingerprint density at radius 3 is 3.00 bits per heavy atom. The Morgan fingerprint density at radius 2 is 2.28 bits per heavy atom. The highest BCUT2D eigenvalue weighted by Crippen LogP contribution is 2.11. The fourth-order valence-corrected chi connectivity index (χ4v) is 1.49. The Hall–Kier alpha value is -2.30. The van der Waals surface area contributed by atoms with Crippen LogP contribution in [0, 0.1) is 6.92 Å². The number of nitrogens with one attached hydrogen (secondary N) is 2. The minimum Gasteiger partial charge on any atom is -0.467 e. The third-order valence-corrected chi connectivity index (χ3v) is 2.28. The number of furan rings is 1. The van der Waals surface area contributed by atoms with E-state index >= 15 is 0 Å². The zero-order valence-corrected chi connectivity index (χ0v) is 10.3. The van der Waals surface area contributed by atoms with Crippen LogP contribution in [0.4, 0.5) is 11.8 Å². The molecule has 0 aliphatic rings. The van der Waals surface area contributed by atoms with Crippen molar-refractivity contribution in [2.75, 3.05) is 17.2 Å². The minimum atomic E-state index is 0.594. The Balaban J connectivity index is 2.02. The Bertz CT molecular complexity index is 508. The molecule has 2 aromatic heterocycles. The molecule has 5 heteroatoms. The van der Waals surface area contributed by atoms with Crippen LogP contribution in [0.3, 0.4) is 0 Å². The first-order valence-electron chi connectivity index (χ1n) is 5.74. The van der Waals surface area contributed by atoms with E-state index in [0.29, 0.717) is 19.0 Å². The van der Waals surface area contributed by atoms with Crippen LogP contribution in [0.2, 0.25) is 0 Å². The second-order valence-corrected chi connectivity index (χ2v) is 3.82. The third-order valence-electron chi connectivity index (χ3n) is 2.28. The standard InChI is InChI=1S/C13H16N4O/c1-3-6-14-13-16-10(2)8-12(17-13)15-9-11-5-4-7-18-11/h3-5,7-8H,1,6,9H2,2H3,(H2,14,15,16,17). The van der Waals surface area contributed by atoms with Gasteiger partial charge in [-0.3, -0.25) is 0 Å². The highest BCUT2D eigenvalue weighted by Gasteiger charge is 2.02. The van der Waals surface area contributed by atoms with Gasteiger partial charge in [-0.05, 0) is 19.1 Å². The van der Waals surface area contributed by atoms with Gasteiger partial charge in [-0.25, -0.2) is 4.98 Å². The highest BCUT2D eigenvalue weighted by molar-refractivity contribution is 5.42. The molecule has 2 heterocycles. The van der Waals surface area contributed by atoms with Crippen LogP contribution in [-0.4, -0.2) is 16.5 Å². The van der Waals surface area contributed by atoms with E-state index in [4.69, 9.17) is 4.42 Å². The van der Waals surface area contributed by atoms with E-state index < -0.39 is 0 Å². The largest absolute Gasteiger partial charge is 0.467 e. The lowest BCUT2D eigenvalue weighted by Gasteiger charge is -2.08. The van der Waals surface area contributed by atoms with Crippen molar-refractivity contribution in [1.29, 1.82) is 0 Å². The average Bonchev–Trinajstić information content (AvgIpc) is 2.86. The first kappa shape index (κ1) is 12.2. The Labute approximate surface area is 106 Å². The molecule has 2 aromatic rings. The highest BCUT2D eigenvalue weighted by atomic mass is 16.3. The van der Waals surface area contributed by atoms with Gasteiger partial charge in [0.1, 0.15) is 11.6 Å². The van der Waals surface area contributed by atoms with E-state index in [1.165, 1.54) is 0 Å².